The lowest BCUT2D eigenvalue weighted by Gasteiger charge is -2.43. The van der Waals surface area contributed by atoms with Crippen LogP contribution in [0.4, 0.5) is 0 Å². The highest BCUT2D eigenvalue weighted by molar-refractivity contribution is 5.36. The standard InChI is InChI=1S/C17H26N2/c1-13(2)19(11-14-7-8-14)17(12-18)9-15-5-3-4-6-16(15)10-17/h3-6,13-14H,7-12,18H2,1-2H3. The summed E-state index contributed by atoms with van der Waals surface area (Å²) in [6, 6.07) is 9.46. The van der Waals surface area contributed by atoms with Crippen molar-refractivity contribution in [3.05, 3.63) is 35.4 Å². The lowest BCUT2D eigenvalue weighted by Crippen LogP contribution is -2.58. The molecule has 1 fully saturated rings. The van der Waals surface area contributed by atoms with Crippen molar-refractivity contribution in [2.45, 2.75) is 51.1 Å². The molecule has 0 bridgehead atoms. The summed E-state index contributed by atoms with van der Waals surface area (Å²) in [5.41, 5.74) is 9.43. The number of fused-ring (bicyclic) bond motifs is 1. The number of rotatable bonds is 5. The van der Waals surface area contributed by atoms with Crippen LogP contribution in [-0.4, -0.2) is 29.6 Å². The van der Waals surface area contributed by atoms with Crippen molar-refractivity contribution < 1.29 is 0 Å². The molecule has 1 aromatic carbocycles. The third-order valence-corrected chi connectivity index (χ3v) is 4.92. The van der Waals surface area contributed by atoms with E-state index in [-0.39, 0.29) is 5.54 Å². The number of nitrogens with two attached hydrogens (primary N) is 1. The van der Waals surface area contributed by atoms with Crippen LogP contribution >= 0.6 is 0 Å². The molecule has 104 valence electrons. The Morgan fingerprint density at radius 2 is 1.79 bits per heavy atom. The van der Waals surface area contributed by atoms with Crippen LogP contribution in [-0.2, 0) is 12.8 Å². The summed E-state index contributed by atoms with van der Waals surface area (Å²) in [6.07, 6.45) is 5.09. The maximum atomic E-state index is 6.24. The van der Waals surface area contributed by atoms with Gasteiger partial charge < -0.3 is 5.73 Å². The second-order valence-corrected chi connectivity index (χ2v) is 6.74. The molecule has 2 N–H and O–H groups in total. The van der Waals surface area contributed by atoms with E-state index in [0.29, 0.717) is 6.04 Å². The lowest BCUT2D eigenvalue weighted by molar-refractivity contribution is 0.0636. The van der Waals surface area contributed by atoms with Gasteiger partial charge in [0.1, 0.15) is 0 Å². The molecule has 19 heavy (non-hydrogen) atoms. The van der Waals surface area contributed by atoms with Crippen LogP contribution in [0.25, 0.3) is 0 Å². The Kier molecular flexibility index (Phi) is 3.40. The number of hydrogen-bond acceptors (Lipinski definition) is 2. The van der Waals surface area contributed by atoms with Gasteiger partial charge in [-0.05, 0) is 56.6 Å². The van der Waals surface area contributed by atoms with Crippen molar-refractivity contribution in [1.82, 2.24) is 4.90 Å². The molecule has 2 aliphatic rings. The minimum atomic E-state index is 0.167. The molecular weight excluding hydrogens is 232 g/mol. The van der Waals surface area contributed by atoms with Crippen LogP contribution in [0, 0.1) is 5.92 Å². The molecule has 2 heteroatoms. The van der Waals surface area contributed by atoms with Crippen LogP contribution in [0.5, 0.6) is 0 Å². The fraction of sp³-hybridized carbons (Fsp3) is 0.647. The molecule has 0 heterocycles. The minimum absolute atomic E-state index is 0.167. The molecule has 0 amide bonds. The highest BCUT2D eigenvalue weighted by atomic mass is 15.2. The van der Waals surface area contributed by atoms with Crippen molar-refractivity contribution in [3.63, 3.8) is 0 Å². The Labute approximate surface area is 117 Å². The second kappa shape index (κ2) is 4.92. The Bertz CT molecular complexity index is 423. The van der Waals surface area contributed by atoms with Gasteiger partial charge in [0.25, 0.3) is 0 Å². The SMILES string of the molecule is CC(C)N(CC1CC1)C1(CN)Cc2ccccc2C1. The molecule has 0 atom stereocenters. The zero-order valence-corrected chi connectivity index (χ0v) is 12.2. The first-order valence-electron chi connectivity index (χ1n) is 7.68. The van der Waals surface area contributed by atoms with E-state index in [9.17, 15) is 0 Å². The molecule has 3 rings (SSSR count). The van der Waals surface area contributed by atoms with Crippen molar-refractivity contribution in [2.75, 3.05) is 13.1 Å². The predicted octanol–water partition coefficient (Wildman–Crippen LogP) is 2.60. The van der Waals surface area contributed by atoms with Gasteiger partial charge >= 0.3 is 0 Å². The molecular formula is C17H26N2. The Hall–Kier alpha value is -0.860. The maximum absolute atomic E-state index is 6.24. The molecule has 2 nitrogen and oxygen atoms in total. The van der Waals surface area contributed by atoms with Crippen LogP contribution in [0.3, 0.4) is 0 Å². The Morgan fingerprint density at radius 1 is 1.21 bits per heavy atom. The number of benzene rings is 1. The molecule has 0 aromatic heterocycles. The first-order chi connectivity index (χ1) is 9.14. The molecule has 1 aromatic rings. The van der Waals surface area contributed by atoms with Crippen LogP contribution in [0.2, 0.25) is 0 Å². The molecule has 0 radical (unpaired) electrons. The summed E-state index contributed by atoms with van der Waals surface area (Å²) in [4.78, 5) is 2.70. The number of nitrogens with zero attached hydrogens (tertiary/aromatic N) is 1. The second-order valence-electron chi connectivity index (χ2n) is 6.74. The van der Waals surface area contributed by atoms with E-state index in [2.05, 4.69) is 43.0 Å². The molecule has 0 unspecified atom stereocenters. The minimum Gasteiger partial charge on any atom is -0.329 e. The summed E-state index contributed by atoms with van der Waals surface area (Å²) in [7, 11) is 0. The van der Waals surface area contributed by atoms with Gasteiger partial charge in [-0.2, -0.15) is 0 Å². The normalized spacial score (nSPS) is 21.1. The first kappa shape index (κ1) is 13.1. The summed E-state index contributed by atoms with van der Waals surface area (Å²) >= 11 is 0. The van der Waals surface area contributed by atoms with E-state index in [1.807, 2.05) is 0 Å². The van der Waals surface area contributed by atoms with E-state index in [0.717, 1.165) is 25.3 Å². The zero-order chi connectivity index (χ0) is 13.5. The van der Waals surface area contributed by atoms with Gasteiger partial charge in [-0.15, -0.1) is 0 Å². The quantitative estimate of drug-likeness (QED) is 0.879. The monoisotopic (exact) mass is 258 g/mol. The third kappa shape index (κ3) is 2.44. The van der Waals surface area contributed by atoms with E-state index in [4.69, 9.17) is 5.73 Å². The smallest absolute Gasteiger partial charge is 0.0415 e. The van der Waals surface area contributed by atoms with Crippen LogP contribution in [0.1, 0.15) is 37.8 Å². The maximum Gasteiger partial charge on any atom is 0.0415 e. The topological polar surface area (TPSA) is 29.3 Å². The van der Waals surface area contributed by atoms with Gasteiger partial charge in [-0.25, -0.2) is 0 Å². The fourth-order valence-corrected chi connectivity index (χ4v) is 3.67. The van der Waals surface area contributed by atoms with Crippen molar-refractivity contribution >= 4 is 0 Å². The van der Waals surface area contributed by atoms with Gasteiger partial charge in [0.05, 0.1) is 0 Å². The molecule has 2 aliphatic carbocycles. The van der Waals surface area contributed by atoms with E-state index < -0.39 is 0 Å². The Balaban J connectivity index is 1.86. The highest BCUT2D eigenvalue weighted by Gasteiger charge is 2.43. The predicted molar refractivity (Wildman–Crippen MR) is 80.2 cm³/mol. The molecule has 0 saturated heterocycles. The summed E-state index contributed by atoms with van der Waals surface area (Å²) in [6.45, 7) is 6.65. The van der Waals surface area contributed by atoms with Gasteiger partial charge in [0.2, 0.25) is 0 Å². The first-order valence-corrected chi connectivity index (χ1v) is 7.68. The largest absolute Gasteiger partial charge is 0.329 e. The van der Waals surface area contributed by atoms with E-state index in [1.54, 1.807) is 0 Å². The number of hydrogen-bond donors (Lipinski definition) is 1. The average molecular weight is 258 g/mol. The zero-order valence-electron chi connectivity index (χ0n) is 12.2. The van der Waals surface area contributed by atoms with Gasteiger partial charge in [0.15, 0.2) is 0 Å². The highest BCUT2D eigenvalue weighted by Crippen LogP contribution is 2.39. The fourth-order valence-electron chi connectivity index (χ4n) is 3.67. The molecule has 0 spiro atoms. The van der Waals surface area contributed by atoms with Crippen molar-refractivity contribution in [3.8, 4) is 0 Å². The lowest BCUT2D eigenvalue weighted by atomic mass is 9.91. The van der Waals surface area contributed by atoms with E-state index in [1.165, 1.54) is 30.5 Å². The van der Waals surface area contributed by atoms with Crippen molar-refractivity contribution in [2.24, 2.45) is 11.7 Å². The van der Waals surface area contributed by atoms with E-state index >= 15 is 0 Å². The summed E-state index contributed by atoms with van der Waals surface area (Å²) < 4.78 is 0. The van der Waals surface area contributed by atoms with Gasteiger partial charge in [-0.1, -0.05) is 24.3 Å². The average Bonchev–Trinajstić information content (AvgIpc) is 3.14. The third-order valence-electron chi connectivity index (χ3n) is 4.92. The van der Waals surface area contributed by atoms with Gasteiger partial charge in [-0.3, -0.25) is 4.90 Å². The molecule has 0 aliphatic heterocycles. The van der Waals surface area contributed by atoms with Crippen LogP contribution in [0.15, 0.2) is 24.3 Å². The summed E-state index contributed by atoms with van der Waals surface area (Å²) in [5.74, 6) is 0.925. The summed E-state index contributed by atoms with van der Waals surface area (Å²) in [5, 5.41) is 0. The van der Waals surface area contributed by atoms with Crippen LogP contribution < -0.4 is 5.73 Å². The Morgan fingerprint density at radius 3 is 2.21 bits per heavy atom. The molecule has 1 saturated carbocycles. The van der Waals surface area contributed by atoms with Crippen molar-refractivity contribution in [1.29, 1.82) is 0 Å². The van der Waals surface area contributed by atoms with Gasteiger partial charge in [0, 0.05) is 24.7 Å².